The lowest BCUT2D eigenvalue weighted by atomic mass is 10.0. The van der Waals surface area contributed by atoms with E-state index in [1.807, 2.05) is 30.5 Å². The molecule has 0 aliphatic heterocycles. The first-order valence-electron chi connectivity index (χ1n) is 23.2. The van der Waals surface area contributed by atoms with E-state index in [4.69, 9.17) is 13.8 Å². The first-order valence-corrected chi connectivity index (χ1v) is 24.0. The number of pyridine rings is 1. The molecule has 0 unspecified atom stereocenters. The fourth-order valence-corrected chi connectivity index (χ4v) is 11.8. The van der Waals surface area contributed by atoms with Crippen LogP contribution in [-0.4, -0.2) is 4.98 Å². The van der Waals surface area contributed by atoms with Crippen molar-refractivity contribution in [2.75, 3.05) is 9.80 Å². The second-order valence-electron chi connectivity index (χ2n) is 18.0. The molecular formula is C63H37N3O2S. The van der Waals surface area contributed by atoms with Crippen molar-refractivity contribution in [3.8, 4) is 0 Å². The largest absolute Gasteiger partial charge is 0.456 e. The van der Waals surface area contributed by atoms with Crippen molar-refractivity contribution in [2.45, 2.75) is 0 Å². The van der Waals surface area contributed by atoms with E-state index in [2.05, 4.69) is 204 Å². The molecule has 5 nitrogen and oxygen atoms in total. The average molecular weight is 900 g/mol. The fraction of sp³-hybridized carbons (Fsp3) is 0. The predicted octanol–water partition coefficient (Wildman–Crippen LogP) is 18.8. The maximum Gasteiger partial charge on any atom is 0.137 e. The lowest BCUT2D eigenvalue weighted by molar-refractivity contribution is 0.668. The smallest absolute Gasteiger partial charge is 0.137 e. The van der Waals surface area contributed by atoms with Crippen LogP contribution in [0.15, 0.2) is 233 Å². The molecule has 4 aromatic heterocycles. The van der Waals surface area contributed by atoms with E-state index in [-0.39, 0.29) is 0 Å². The monoisotopic (exact) mass is 899 g/mol. The molecule has 11 aromatic carbocycles. The number of para-hydroxylation sites is 2. The highest BCUT2D eigenvalue weighted by molar-refractivity contribution is 7.25. The Morgan fingerprint density at radius 3 is 1.23 bits per heavy atom. The van der Waals surface area contributed by atoms with Crippen molar-refractivity contribution in [3.63, 3.8) is 0 Å². The third kappa shape index (κ3) is 6.13. The number of aromatic nitrogens is 1. The van der Waals surface area contributed by atoms with Gasteiger partial charge < -0.3 is 18.6 Å². The molecule has 0 atom stereocenters. The van der Waals surface area contributed by atoms with Crippen LogP contribution in [-0.2, 0) is 0 Å². The number of furan rings is 2. The Labute approximate surface area is 398 Å². The molecule has 0 N–H and O–H groups in total. The summed E-state index contributed by atoms with van der Waals surface area (Å²) in [5.74, 6) is 0. The Bertz CT molecular complexity index is 4310. The van der Waals surface area contributed by atoms with Crippen molar-refractivity contribution in [3.05, 3.63) is 225 Å². The van der Waals surface area contributed by atoms with Crippen molar-refractivity contribution in [1.29, 1.82) is 0 Å². The maximum atomic E-state index is 6.47. The fourth-order valence-electron chi connectivity index (χ4n) is 10.6. The molecule has 0 saturated heterocycles. The third-order valence-electron chi connectivity index (χ3n) is 13.9. The molecule has 0 bridgehead atoms. The lowest BCUT2D eigenvalue weighted by Crippen LogP contribution is -2.10. The van der Waals surface area contributed by atoms with Crippen LogP contribution in [0.4, 0.5) is 34.1 Å². The highest BCUT2D eigenvalue weighted by Gasteiger charge is 2.21. The number of fused-ring (bicyclic) bond motifs is 13. The van der Waals surface area contributed by atoms with Gasteiger partial charge in [-0.15, -0.1) is 11.3 Å². The summed E-state index contributed by atoms with van der Waals surface area (Å²) in [4.78, 5) is 9.92. The Hall–Kier alpha value is -8.97. The van der Waals surface area contributed by atoms with Crippen LogP contribution >= 0.6 is 11.3 Å². The topological polar surface area (TPSA) is 45.7 Å². The van der Waals surface area contributed by atoms with Gasteiger partial charge in [-0.3, -0.25) is 4.98 Å². The van der Waals surface area contributed by atoms with E-state index in [1.54, 1.807) is 11.3 Å². The number of anilines is 6. The summed E-state index contributed by atoms with van der Waals surface area (Å²) in [6.45, 7) is 0. The molecular weight excluding hydrogens is 863 g/mol. The van der Waals surface area contributed by atoms with Crippen LogP contribution in [0.2, 0.25) is 0 Å². The standard InChI is InChI=1S/C63H37N3O2S/c1-3-11-40-29-44-31-46(19-17-42(44)27-38(40)9-1)65(48-21-24-54-52-13-5-7-15-57(52)67-59(54)33-48)50-23-26-56-61(35-50)69-62-36-51(37-64-63(56)62)66(49-22-25-55-53-14-6-8-16-58(53)68-60(55)34-49)47-20-18-43-28-39-10-2-4-12-41(39)30-45(43)32-47/h1-37H. The molecule has 69 heavy (non-hydrogen) atoms. The van der Waals surface area contributed by atoms with Gasteiger partial charge in [0.15, 0.2) is 0 Å². The summed E-state index contributed by atoms with van der Waals surface area (Å²) < 4.78 is 15.2. The van der Waals surface area contributed by atoms with Gasteiger partial charge in [-0.25, -0.2) is 0 Å². The Morgan fingerprint density at radius 1 is 0.290 bits per heavy atom. The Morgan fingerprint density at radius 2 is 0.681 bits per heavy atom. The molecule has 0 aliphatic rings. The first kappa shape index (κ1) is 38.2. The molecule has 0 saturated carbocycles. The van der Waals surface area contributed by atoms with Crippen LogP contribution < -0.4 is 9.80 Å². The molecule has 15 rings (SSSR count). The lowest BCUT2D eigenvalue weighted by Gasteiger charge is -2.26. The van der Waals surface area contributed by atoms with E-state index in [1.165, 1.54) is 43.1 Å². The summed E-state index contributed by atoms with van der Waals surface area (Å²) in [6.07, 6.45) is 2.02. The van der Waals surface area contributed by atoms with E-state index in [0.717, 1.165) is 98.3 Å². The Balaban J connectivity index is 0.887. The second-order valence-corrected chi connectivity index (χ2v) is 19.1. The molecule has 15 aromatic rings. The van der Waals surface area contributed by atoms with Crippen molar-refractivity contribution < 1.29 is 8.83 Å². The van der Waals surface area contributed by atoms with E-state index < -0.39 is 0 Å². The number of thiophene rings is 1. The molecule has 0 fully saturated rings. The highest BCUT2D eigenvalue weighted by atomic mass is 32.1. The van der Waals surface area contributed by atoms with Gasteiger partial charge >= 0.3 is 0 Å². The van der Waals surface area contributed by atoms with Crippen LogP contribution in [0.5, 0.6) is 0 Å². The normalized spacial score (nSPS) is 12.1. The van der Waals surface area contributed by atoms with Crippen molar-refractivity contribution in [1.82, 2.24) is 4.98 Å². The summed E-state index contributed by atoms with van der Waals surface area (Å²) in [6, 6.07) is 78.5. The molecule has 0 aliphatic carbocycles. The summed E-state index contributed by atoms with van der Waals surface area (Å²) in [5, 5.41) is 15.2. The summed E-state index contributed by atoms with van der Waals surface area (Å²) >= 11 is 1.77. The zero-order valence-electron chi connectivity index (χ0n) is 36.9. The first-order chi connectivity index (χ1) is 34.1. The molecule has 0 amide bonds. The average Bonchev–Trinajstić information content (AvgIpc) is 4.08. The van der Waals surface area contributed by atoms with E-state index in [9.17, 15) is 0 Å². The van der Waals surface area contributed by atoms with Gasteiger partial charge in [0.1, 0.15) is 22.3 Å². The van der Waals surface area contributed by atoms with Crippen LogP contribution in [0, 0.1) is 0 Å². The number of hydrogen-bond donors (Lipinski definition) is 0. The molecule has 0 radical (unpaired) electrons. The van der Waals surface area contributed by atoms with Crippen LogP contribution in [0.25, 0.3) is 107 Å². The van der Waals surface area contributed by atoms with E-state index >= 15 is 0 Å². The van der Waals surface area contributed by atoms with Gasteiger partial charge in [0.2, 0.25) is 0 Å². The van der Waals surface area contributed by atoms with Crippen LogP contribution in [0.3, 0.4) is 0 Å². The van der Waals surface area contributed by atoms with Gasteiger partial charge in [0, 0.05) is 72.2 Å². The van der Waals surface area contributed by atoms with Crippen LogP contribution in [0.1, 0.15) is 0 Å². The number of rotatable bonds is 6. The zero-order valence-corrected chi connectivity index (χ0v) is 37.7. The van der Waals surface area contributed by atoms with E-state index in [0.29, 0.717) is 0 Å². The molecule has 6 heteroatoms. The minimum absolute atomic E-state index is 0.845. The Kier molecular flexibility index (Phi) is 8.17. The third-order valence-corrected chi connectivity index (χ3v) is 15.0. The minimum atomic E-state index is 0.845. The van der Waals surface area contributed by atoms with Crippen molar-refractivity contribution >= 4 is 153 Å². The zero-order chi connectivity index (χ0) is 45.2. The van der Waals surface area contributed by atoms with Gasteiger partial charge in [-0.05, 0) is 152 Å². The van der Waals surface area contributed by atoms with Gasteiger partial charge in [0.05, 0.1) is 22.1 Å². The SMILES string of the molecule is c1ccc2cc3cc(N(c4ccc5c(c4)oc4ccccc45)c4ccc5c(c4)sc4cc(N(c6ccc7cc8ccccc8cc7c6)c6ccc7c(c6)oc6ccccc67)cnc45)ccc3cc2c1. The van der Waals surface area contributed by atoms with Crippen molar-refractivity contribution in [2.24, 2.45) is 0 Å². The highest BCUT2D eigenvalue weighted by Crippen LogP contribution is 2.45. The molecule has 322 valence electrons. The number of hydrogen-bond acceptors (Lipinski definition) is 6. The summed E-state index contributed by atoms with van der Waals surface area (Å²) in [7, 11) is 0. The minimum Gasteiger partial charge on any atom is -0.456 e. The predicted molar refractivity (Wildman–Crippen MR) is 291 cm³/mol. The molecule has 0 spiro atoms. The summed E-state index contributed by atoms with van der Waals surface area (Å²) in [5.41, 5.74) is 10.6. The number of nitrogens with zero attached hydrogens (tertiary/aromatic N) is 3. The molecule has 4 heterocycles. The van der Waals surface area contributed by atoms with Gasteiger partial charge in [0.25, 0.3) is 0 Å². The van der Waals surface area contributed by atoms with Gasteiger partial charge in [-0.2, -0.15) is 0 Å². The quantitative estimate of drug-likeness (QED) is 0.156. The maximum absolute atomic E-state index is 6.47. The van der Waals surface area contributed by atoms with Gasteiger partial charge in [-0.1, -0.05) is 97.1 Å². The number of benzene rings is 11. The second kappa shape index (κ2) is 14.8.